The van der Waals surface area contributed by atoms with E-state index in [1.54, 1.807) is 18.2 Å². The van der Waals surface area contributed by atoms with E-state index in [0.717, 1.165) is 19.4 Å². The molecule has 0 spiro atoms. The van der Waals surface area contributed by atoms with Gasteiger partial charge in [0.1, 0.15) is 5.82 Å². The largest absolute Gasteiger partial charge is 0.355 e. The Morgan fingerprint density at radius 3 is 2.78 bits per heavy atom. The van der Waals surface area contributed by atoms with Gasteiger partial charge in [0.2, 0.25) is 5.91 Å². The Morgan fingerprint density at radius 2 is 2.06 bits per heavy atom. The topological polar surface area (TPSA) is 41.1 Å². The van der Waals surface area contributed by atoms with Crippen molar-refractivity contribution in [1.29, 1.82) is 0 Å². The lowest BCUT2D eigenvalue weighted by Crippen LogP contribution is -2.35. The van der Waals surface area contributed by atoms with Crippen LogP contribution < -0.4 is 10.6 Å². The summed E-state index contributed by atoms with van der Waals surface area (Å²) >= 11 is 0. The van der Waals surface area contributed by atoms with E-state index in [2.05, 4.69) is 17.6 Å². The quantitative estimate of drug-likeness (QED) is 0.694. The van der Waals surface area contributed by atoms with Crippen LogP contribution in [0.1, 0.15) is 25.3 Å². The summed E-state index contributed by atoms with van der Waals surface area (Å²) in [5.74, 6) is -0.254. The van der Waals surface area contributed by atoms with E-state index in [9.17, 15) is 9.18 Å². The first-order valence-corrected chi connectivity index (χ1v) is 6.45. The fourth-order valence-electron chi connectivity index (χ4n) is 1.60. The molecule has 0 unspecified atom stereocenters. The van der Waals surface area contributed by atoms with E-state index >= 15 is 0 Å². The predicted molar refractivity (Wildman–Crippen MR) is 70.9 cm³/mol. The highest BCUT2D eigenvalue weighted by molar-refractivity contribution is 5.77. The number of halogens is 1. The minimum Gasteiger partial charge on any atom is -0.355 e. The number of hydrogen-bond donors (Lipinski definition) is 2. The monoisotopic (exact) mass is 252 g/mol. The fourth-order valence-corrected chi connectivity index (χ4v) is 1.60. The van der Waals surface area contributed by atoms with Gasteiger partial charge in [-0.25, -0.2) is 4.39 Å². The number of carbonyl (C=O) groups is 1. The van der Waals surface area contributed by atoms with Crippen LogP contribution in [0.4, 0.5) is 4.39 Å². The lowest BCUT2D eigenvalue weighted by Gasteiger charge is -2.07. The van der Waals surface area contributed by atoms with Crippen molar-refractivity contribution < 1.29 is 9.18 Å². The van der Waals surface area contributed by atoms with Gasteiger partial charge in [0.25, 0.3) is 0 Å². The molecule has 1 amide bonds. The maximum absolute atomic E-state index is 13.3. The van der Waals surface area contributed by atoms with E-state index in [1.807, 2.05) is 0 Å². The second kappa shape index (κ2) is 8.64. The van der Waals surface area contributed by atoms with Gasteiger partial charge in [-0.15, -0.1) is 0 Å². The number of carbonyl (C=O) groups excluding carboxylic acids is 1. The van der Waals surface area contributed by atoms with Crippen molar-refractivity contribution in [2.24, 2.45) is 0 Å². The molecule has 100 valence electrons. The van der Waals surface area contributed by atoms with Gasteiger partial charge in [-0.05, 0) is 31.0 Å². The standard InChI is InChI=1S/C14H21FN2O/c1-2-3-9-16-11-14(18)17-10-8-12-6-4-5-7-13(12)15/h4-7,16H,2-3,8-11H2,1H3,(H,17,18). The molecule has 18 heavy (non-hydrogen) atoms. The van der Waals surface area contributed by atoms with E-state index in [4.69, 9.17) is 0 Å². The number of unbranched alkanes of at least 4 members (excludes halogenated alkanes) is 1. The number of nitrogens with one attached hydrogen (secondary N) is 2. The Labute approximate surface area is 108 Å². The minimum absolute atomic E-state index is 0.0394. The minimum atomic E-state index is -0.215. The highest BCUT2D eigenvalue weighted by atomic mass is 19.1. The van der Waals surface area contributed by atoms with Crippen LogP contribution in [-0.2, 0) is 11.2 Å². The summed E-state index contributed by atoms with van der Waals surface area (Å²) in [4.78, 5) is 11.4. The molecule has 0 aromatic heterocycles. The molecule has 2 N–H and O–H groups in total. The molecular formula is C14H21FN2O. The summed E-state index contributed by atoms with van der Waals surface area (Å²) in [6, 6.07) is 6.63. The van der Waals surface area contributed by atoms with Crippen LogP contribution >= 0.6 is 0 Å². The summed E-state index contributed by atoms with van der Waals surface area (Å²) in [5, 5.41) is 5.83. The SMILES string of the molecule is CCCCNCC(=O)NCCc1ccccc1F. The molecule has 1 aromatic carbocycles. The third-order valence-electron chi connectivity index (χ3n) is 2.67. The van der Waals surface area contributed by atoms with Crippen LogP contribution in [0.25, 0.3) is 0 Å². The van der Waals surface area contributed by atoms with Crippen LogP contribution in [0.2, 0.25) is 0 Å². The Morgan fingerprint density at radius 1 is 1.28 bits per heavy atom. The first-order chi connectivity index (χ1) is 8.74. The summed E-state index contributed by atoms with van der Waals surface area (Å²) < 4.78 is 13.3. The first kappa shape index (κ1) is 14.6. The van der Waals surface area contributed by atoms with E-state index in [0.29, 0.717) is 25.1 Å². The van der Waals surface area contributed by atoms with Crippen molar-refractivity contribution in [3.05, 3.63) is 35.6 Å². The van der Waals surface area contributed by atoms with Gasteiger partial charge in [0.15, 0.2) is 0 Å². The highest BCUT2D eigenvalue weighted by Crippen LogP contribution is 2.05. The first-order valence-electron chi connectivity index (χ1n) is 6.45. The van der Waals surface area contributed by atoms with Gasteiger partial charge in [0, 0.05) is 6.54 Å². The normalized spacial score (nSPS) is 10.3. The number of rotatable bonds is 8. The molecule has 0 heterocycles. The van der Waals surface area contributed by atoms with Crippen LogP contribution in [0, 0.1) is 5.82 Å². The predicted octanol–water partition coefficient (Wildman–Crippen LogP) is 1.87. The Hall–Kier alpha value is -1.42. The fraction of sp³-hybridized carbons (Fsp3) is 0.500. The smallest absolute Gasteiger partial charge is 0.233 e. The van der Waals surface area contributed by atoms with Crippen molar-refractivity contribution in [2.45, 2.75) is 26.2 Å². The van der Waals surface area contributed by atoms with Crippen LogP contribution in [0.15, 0.2) is 24.3 Å². The zero-order valence-electron chi connectivity index (χ0n) is 10.8. The molecular weight excluding hydrogens is 231 g/mol. The van der Waals surface area contributed by atoms with Crippen molar-refractivity contribution in [3.8, 4) is 0 Å². The number of benzene rings is 1. The Bertz CT molecular complexity index is 369. The molecule has 3 nitrogen and oxygen atoms in total. The van der Waals surface area contributed by atoms with Gasteiger partial charge in [0.05, 0.1) is 6.54 Å². The van der Waals surface area contributed by atoms with Crippen molar-refractivity contribution >= 4 is 5.91 Å². The molecule has 0 aliphatic heterocycles. The van der Waals surface area contributed by atoms with Gasteiger partial charge in [-0.1, -0.05) is 31.5 Å². The molecule has 4 heteroatoms. The maximum atomic E-state index is 13.3. The highest BCUT2D eigenvalue weighted by Gasteiger charge is 2.02. The van der Waals surface area contributed by atoms with Crippen LogP contribution in [-0.4, -0.2) is 25.5 Å². The lowest BCUT2D eigenvalue weighted by atomic mass is 10.1. The van der Waals surface area contributed by atoms with E-state index in [1.165, 1.54) is 6.07 Å². The van der Waals surface area contributed by atoms with Gasteiger partial charge in [-0.3, -0.25) is 4.79 Å². The zero-order chi connectivity index (χ0) is 13.2. The molecule has 0 radical (unpaired) electrons. The molecule has 0 fully saturated rings. The molecule has 1 aromatic rings. The van der Waals surface area contributed by atoms with Crippen LogP contribution in [0.3, 0.4) is 0 Å². The van der Waals surface area contributed by atoms with Crippen molar-refractivity contribution in [3.63, 3.8) is 0 Å². The summed E-state index contributed by atoms with van der Waals surface area (Å²) in [5.41, 5.74) is 0.636. The Kier molecular flexibility index (Phi) is 7.03. The summed E-state index contributed by atoms with van der Waals surface area (Å²) in [7, 11) is 0. The second-order valence-electron chi connectivity index (χ2n) is 4.22. The third kappa shape index (κ3) is 5.77. The van der Waals surface area contributed by atoms with Crippen molar-refractivity contribution in [1.82, 2.24) is 10.6 Å². The Balaban J connectivity index is 2.14. The summed E-state index contributed by atoms with van der Waals surface area (Å²) in [6.07, 6.45) is 2.71. The van der Waals surface area contributed by atoms with Gasteiger partial charge < -0.3 is 10.6 Å². The molecule has 0 aliphatic carbocycles. The average Bonchev–Trinajstić information content (AvgIpc) is 2.37. The molecule has 0 saturated heterocycles. The molecule has 1 rings (SSSR count). The second-order valence-corrected chi connectivity index (χ2v) is 4.22. The average molecular weight is 252 g/mol. The third-order valence-corrected chi connectivity index (χ3v) is 2.67. The van der Waals surface area contributed by atoms with Crippen LogP contribution in [0.5, 0.6) is 0 Å². The maximum Gasteiger partial charge on any atom is 0.233 e. The lowest BCUT2D eigenvalue weighted by molar-refractivity contribution is -0.120. The molecule has 0 bridgehead atoms. The summed E-state index contributed by atoms with van der Waals surface area (Å²) in [6.45, 7) is 3.76. The molecule has 0 aliphatic rings. The number of amides is 1. The van der Waals surface area contributed by atoms with E-state index in [-0.39, 0.29) is 11.7 Å². The number of hydrogen-bond acceptors (Lipinski definition) is 2. The zero-order valence-corrected chi connectivity index (χ0v) is 10.8. The van der Waals surface area contributed by atoms with Crippen molar-refractivity contribution in [2.75, 3.05) is 19.6 Å². The van der Waals surface area contributed by atoms with Gasteiger partial charge >= 0.3 is 0 Å². The molecule has 0 atom stereocenters. The van der Waals surface area contributed by atoms with Gasteiger partial charge in [-0.2, -0.15) is 0 Å². The molecule has 0 saturated carbocycles. The van der Waals surface area contributed by atoms with E-state index < -0.39 is 0 Å².